The number of methoxy groups -OCH3 is 1. The van der Waals surface area contributed by atoms with Gasteiger partial charge < -0.3 is 15.0 Å². The second kappa shape index (κ2) is 11.0. The first-order chi connectivity index (χ1) is 14.9. The molecule has 0 bridgehead atoms. The van der Waals surface area contributed by atoms with E-state index in [1.165, 1.54) is 19.3 Å². The predicted octanol–water partition coefficient (Wildman–Crippen LogP) is 3.18. The van der Waals surface area contributed by atoms with Crippen molar-refractivity contribution >= 4 is 27.3 Å². The summed E-state index contributed by atoms with van der Waals surface area (Å²) in [7, 11) is -2.13. The van der Waals surface area contributed by atoms with E-state index in [2.05, 4.69) is 14.9 Å². The molecule has 0 aliphatic carbocycles. The molecule has 7 nitrogen and oxygen atoms in total. The van der Waals surface area contributed by atoms with Crippen LogP contribution in [-0.4, -0.2) is 46.8 Å². The molecule has 8 heteroatoms. The average Bonchev–Trinajstić information content (AvgIpc) is 2.77. The van der Waals surface area contributed by atoms with Crippen LogP contribution in [0, 0.1) is 0 Å². The van der Waals surface area contributed by atoms with Crippen LogP contribution >= 0.6 is 0 Å². The number of hydrogen-bond acceptors (Lipinski definition) is 5. The van der Waals surface area contributed by atoms with Crippen molar-refractivity contribution in [3.8, 4) is 5.75 Å². The molecule has 168 valence electrons. The lowest BCUT2D eigenvalue weighted by Gasteiger charge is -2.28. The van der Waals surface area contributed by atoms with Crippen LogP contribution in [0.15, 0.2) is 48.5 Å². The van der Waals surface area contributed by atoms with Crippen molar-refractivity contribution in [2.75, 3.05) is 42.1 Å². The number of piperidine rings is 1. The van der Waals surface area contributed by atoms with E-state index in [1.54, 1.807) is 19.2 Å². The fourth-order valence-corrected chi connectivity index (χ4v) is 4.66. The molecule has 0 aromatic heterocycles. The number of anilines is 2. The first kappa shape index (κ1) is 22.9. The van der Waals surface area contributed by atoms with Gasteiger partial charge in [0, 0.05) is 31.0 Å². The van der Waals surface area contributed by atoms with Gasteiger partial charge in [-0.05, 0) is 74.1 Å². The third-order valence-corrected chi connectivity index (χ3v) is 6.50. The molecule has 2 N–H and O–H groups in total. The van der Waals surface area contributed by atoms with Gasteiger partial charge in [-0.1, -0.05) is 12.1 Å². The van der Waals surface area contributed by atoms with Crippen LogP contribution in [0.25, 0.3) is 0 Å². The van der Waals surface area contributed by atoms with Crippen LogP contribution in [0.3, 0.4) is 0 Å². The molecule has 1 amide bonds. The highest BCUT2D eigenvalue weighted by Gasteiger charge is 2.17. The van der Waals surface area contributed by atoms with Crippen LogP contribution in [0.5, 0.6) is 5.75 Å². The molecule has 1 saturated heterocycles. The quantitative estimate of drug-likeness (QED) is 0.549. The summed E-state index contributed by atoms with van der Waals surface area (Å²) in [5.41, 5.74) is 2.70. The Labute approximate surface area is 184 Å². The van der Waals surface area contributed by atoms with Gasteiger partial charge in [-0.25, -0.2) is 8.42 Å². The number of sulfonamides is 1. The number of rotatable bonds is 10. The van der Waals surface area contributed by atoms with Crippen molar-refractivity contribution < 1.29 is 17.9 Å². The Morgan fingerprint density at radius 3 is 2.32 bits per heavy atom. The van der Waals surface area contributed by atoms with E-state index in [1.807, 2.05) is 36.4 Å². The highest BCUT2D eigenvalue weighted by atomic mass is 32.2. The predicted molar refractivity (Wildman–Crippen MR) is 124 cm³/mol. The van der Waals surface area contributed by atoms with E-state index in [0.717, 1.165) is 42.9 Å². The maximum atomic E-state index is 12.3. The van der Waals surface area contributed by atoms with Gasteiger partial charge >= 0.3 is 0 Å². The molecule has 3 rings (SSSR count). The fraction of sp³-hybridized carbons (Fsp3) is 0.435. The van der Waals surface area contributed by atoms with E-state index in [9.17, 15) is 13.2 Å². The minimum absolute atomic E-state index is 0.422. The van der Waals surface area contributed by atoms with E-state index >= 15 is 0 Å². The Kier molecular flexibility index (Phi) is 8.17. The molecular weight excluding hydrogens is 414 g/mol. The zero-order valence-corrected chi connectivity index (χ0v) is 18.8. The Bertz CT molecular complexity index is 938. The number of amides is 1. The highest BCUT2D eigenvalue weighted by Crippen LogP contribution is 2.22. The Hall–Kier alpha value is -2.74. The summed E-state index contributed by atoms with van der Waals surface area (Å²) in [5, 5.41) is 2.68. The third kappa shape index (κ3) is 7.47. The SMILES string of the molecule is COc1ccc(CCCNC(=O)CS(=O)(=O)Nc2ccc(N3CCCCC3)cc2)cc1. The standard InChI is InChI=1S/C23H31N3O4S/c1-30-22-13-7-19(8-14-22)6-5-15-24-23(27)18-31(28,29)25-20-9-11-21(12-10-20)26-16-3-2-4-17-26/h7-14,25H,2-6,15-18H2,1H3,(H,24,27). The van der Waals surface area contributed by atoms with Gasteiger partial charge in [-0.2, -0.15) is 0 Å². The van der Waals surface area contributed by atoms with Gasteiger partial charge in [0.05, 0.1) is 7.11 Å². The van der Waals surface area contributed by atoms with E-state index in [4.69, 9.17) is 4.74 Å². The highest BCUT2D eigenvalue weighted by molar-refractivity contribution is 7.93. The van der Waals surface area contributed by atoms with Crippen LogP contribution in [0.1, 0.15) is 31.2 Å². The summed E-state index contributed by atoms with van der Waals surface area (Å²) in [4.78, 5) is 14.4. The zero-order valence-electron chi connectivity index (χ0n) is 18.0. The molecule has 0 spiro atoms. The second-order valence-electron chi connectivity index (χ2n) is 7.76. The van der Waals surface area contributed by atoms with Gasteiger partial charge in [-0.15, -0.1) is 0 Å². The molecule has 1 aliphatic heterocycles. The first-order valence-electron chi connectivity index (χ1n) is 10.7. The summed E-state index contributed by atoms with van der Waals surface area (Å²) < 4.78 is 32.2. The normalized spacial score (nSPS) is 14.2. The third-order valence-electron chi connectivity index (χ3n) is 5.31. The van der Waals surface area contributed by atoms with Gasteiger partial charge in [0.15, 0.2) is 0 Å². The number of carbonyl (C=O) groups excluding carboxylic acids is 1. The summed E-state index contributed by atoms with van der Waals surface area (Å²) >= 11 is 0. The number of benzene rings is 2. The molecular formula is C23H31N3O4S. The molecule has 2 aromatic rings. The Morgan fingerprint density at radius 1 is 1.00 bits per heavy atom. The summed E-state index contributed by atoms with van der Waals surface area (Å²) in [5.74, 6) is -0.299. The summed E-state index contributed by atoms with van der Waals surface area (Å²) in [6.07, 6.45) is 5.15. The average molecular weight is 446 g/mol. The zero-order chi connectivity index (χ0) is 22.1. The largest absolute Gasteiger partial charge is 0.497 e. The molecule has 31 heavy (non-hydrogen) atoms. The lowest BCUT2D eigenvalue weighted by Crippen LogP contribution is -2.33. The Balaban J connectivity index is 1.40. The van der Waals surface area contributed by atoms with Gasteiger partial charge in [0.1, 0.15) is 11.5 Å². The monoisotopic (exact) mass is 445 g/mol. The van der Waals surface area contributed by atoms with Crippen LogP contribution in [0.2, 0.25) is 0 Å². The van der Waals surface area contributed by atoms with Gasteiger partial charge in [0.2, 0.25) is 15.9 Å². The van der Waals surface area contributed by atoms with Crippen molar-refractivity contribution in [3.05, 3.63) is 54.1 Å². The summed E-state index contributed by atoms with van der Waals surface area (Å²) in [6.45, 7) is 2.48. The number of aryl methyl sites for hydroxylation is 1. The number of nitrogens with one attached hydrogen (secondary N) is 2. The van der Waals surface area contributed by atoms with Gasteiger partial charge in [0.25, 0.3) is 0 Å². The molecule has 0 radical (unpaired) electrons. The van der Waals surface area contributed by atoms with E-state index < -0.39 is 21.7 Å². The molecule has 0 saturated carbocycles. The molecule has 1 heterocycles. The summed E-state index contributed by atoms with van der Waals surface area (Å²) in [6, 6.07) is 15.1. The number of ether oxygens (including phenoxy) is 1. The number of hydrogen-bond donors (Lipinski definition) is 2. The molecule has 0 atom stereocenters. The van der Waals surface area contributed by atoms with E-state index in [-0.39, 0.29) is 0 Å². The Morgan fingerprint density at radius 2 is 1.68 bits per heavy atom. The van der Waals surface area contributed by atoms with Crippen molar-refractivity contribution in [1.29, 1.82) is 0 Å². The smallest absolute Gasteiger partial charge is 0.241 e. The fourth-order valence-electron chi connectivity index (χ4n) is 3.64. The van der Waals surface area contributed by atoms with Crippen molar-refractivity contribution in [3.63, 3.8) is 0 Å². The van der Waals surface area contributed by atoms with Crippen molar-refractivity contribution in [2.45, 2.75) is 32.1 Å². The second-order valence-corrected chi connectivity index (χ2v) is 9.48. The van der Waals surface area contributed by atoms with Crippen LogP contribution in [-0.2, 0) is 21.2 Å². The minimum atomic E-state index is -3.76. The topological polar surface area (TPSA) is 87.7 Å². The molecule has 1 fully saturated rings. The molecule has 1 aliphatic rings. The molecule has 0 unspecified atom stereocenters. The number of nitrogens with zero attached hydrogens (tertiary/aromatic N) is 1. The maximum absolute atomic E-state index is 12.3. The van der Waals surface area contributed by atoms with Crippen molar-refractivity contribution in [2.24, 2.45) is 0 Å². The first-order valence-corrected chi connectivity index (χ1v) is 12.4. The van der Waals surface area contributed by atoms with Crippen molar-refractivity contribution in [1.82, 2.24) is 5.32 Å². The maximum Gasteiger partial charge on any atom is 0.241 e. The number of carbonyl (C=O) groups is 1. The lowest BCUT2D eigenvalue weighted by molar-refractivity contribution is -0.118. The lowest BCUT2D eigenvalue weighted by atomic mass is 10.1. The van der Waals surface area contributed by atoms with E-state index in [0.29, 0.717) is 12.2 Å². The van der Waals surface area contributed by atoms with Gasteiger partial charge in [-0.3, -0.25) is 9.52 Å². The molecule has 2 aromatic carbocycles. The van der Waals surface area contributed by atoms with Crippen LogP contribution < -0.4 is 19.7 Å². The minimum Gasteiger partial charge on any atom is -0.497 e. The van der Waals surface area contributed by atoms with Crippen LogP contribution in [0.4, 0.5) is 11.4 Å².